The second-order valence-corrected chi connectivity index (χ2v) is 4.58. The van der Waals surface area contributed by atoms with Gasteiger partial charge >= 0.3 is 11.8 Å². The minimum absolute atomic E-state index is 0.0709. The second-order valence-electron chi connectivity index (χ2n) is 4.58. The minimum Gasteiger partial charge on any atom is -0.333 e. The van der Waals surface area contributed by atoms with E-state index in [0.717, 1.165) is 19.5 Å². The number of rotatable bonds is 2. The third kappa shape index (κ3) is 3.70. The Morgan fingerprint density at radius 2 is 2.00 bits per heavy atom. The highest BCUT2D eigenvalue weighted by atomic mass is 16.2. The van der Waals surface area contributed by atoms with Crippen LogP contribution in [-0.2, 0) is 9.59 Å². The minimum atomic E-state index is -0.371. The van der Waals surface area contributed by atoms with E-state index in [-0.39, 0.29) is 17.9 Å². The molecule has 5 heteroatoms. The van der Waals surface area contributed by atoms with Gasteiger partial charge in [0.25, 0.3) is 0 Å². The number of amides is 2. The van der Waals surface area contributed by atoms with Crippen LogP contribution in [0, 0.1) is 0 Å². The first kappa shape index (κ1) is 14.0. The largest absolute Gasteiger partial charge is 0.333 e. The van der Waals surface area contributed by atoms with Crippen molar-refractivity contribution in [2.75, 3.05) is 32.7 Å². The van der Waals surface area contributed by atoms with E-state index in [0.29, 0.717) is 19.6 Å². The van der Waals surface area contributed by atoms with Crippen molar-refractivity contribution in [3.63, 3.8) is 0 Å². The highest BCUT2D eigenvalue weighted by Gasteiger charge is 2.27. The van der Waals surface area contributed by atoms with Crippen LogP contribution in [0.4, 0.5) is 0 Å². The maximum absolute atomic E-state index is 12.1. The highest BCUT2D eigenvalue weighted by Crippen LogP contribution is 2.03. The topological polar surface area (TPSA) is 52.7 Å². The summed E-state index contributed by atoms with van der Waals surface area (Å²) in [5.74, 6) is -0.728. The Balaban J connectivity index is 2.63. The quantitative estimate of drug-likeness (QED) is 0.696. The van der Waals surface area contributed by atoms with Gasteiger partial charge in [0.2, 0.25) is 0 Å². The summed E-state index contributed by atoms with van der Waals surface area (Å²) >= 11 is 0. The first-order chi connectivity index (χ1) is 8.07. The van der Waals surface area contributed by atoms with Crippen molar-refractivity contribution in [2.45, 2.75) is 33.2 Å². The van der Waals surface area contributed by atoms with E-state index in [1.54, 1.807) is 9.80 Å². The van der Waals surface area contributed by atoms with Gasteiger partial charge in [-0.25, -0.2) is 0 Å². The second kappa shape index (κ2) is 6.59. The lowest BCUT2D eigenvalue weighted by Crippen LogP contribution is -2.48. The predicted molar refractivity (Wildman–Crippen MR) is 66.6 cm³/mol. The SMILES string of the molecule is CCN(C(=O)C(=O)N1CCCNCC1)C(C)C. The normalized spacial score (nSPS) is 16.8. The van der Waals surface area contributed by atoms with Crippen LogP contribution in [0.5, 0.6) is 0 Å². The van der Waals surface area contributed by atoms with Gasteiger partial charge in [0.1, 0.15) is 0 Å². The molecule has 0 bridgehead atoms. The number of carbonyl (C=O) groups excluding carboxylic acids is 2. The first-order valence-electron chi connectivity index (χ1n) is 6.38. The molecule has 5 nitrogen and oxygen atoms in total. The van der Waals surface area contributed by atoms with Gasteiger partial charge in [0, 0.05) is 32.2 Å². The van der Waals surface area contributed by atoms with Crippen molar-refractivity contribution < 1.29 is 9.59 Å². The van der Waals surface area contributed by atoms with Gasteiger partial charge in [-0.1, -0.05) is 0 Å². The molecule has 0 aromatic carbocycles. The average Bonchev–Trinajstić information content (AvgIpc) is 2.56. The zero-order chi connectivity index (χ0) is 12.8. The Hall–Kier alpha value is -1.10. The van der Waals surface area contributed by atoms with Crippen molar-refractivity contribution in [1.82, 2.24) is 15.1 Å². The van der Waals surface area contributed by atoms with E-state index in [9.17, 15) is 9.59 Å². The molecule has 0 saturated carbocycles. The number of hydrogen-bond donors (Lipinski definition) is 1. The van der Waals surface area contributed by atoms with Crippen LogP contribution in [0.2, 0.25) is 0 Å². The molecule has 1 N–H and O–H groups in total. The predicted octanol–water partition coefficient (Wildman–Crippen LogP) is 0.0652. The molecule has 0 atom stereocenters. The van der Waals surface area contributed by atoms with Gasteiger partial charge < -0.3 is 15.1 Å². The van der Waals surface area contributed by atoms with E-state index in [4.69, 9.17) is 0 Å². The molecule has 0 radical (unpaired) electrons. The Labute approximate surface area is 103 Å². The van der Waals surface area contributed by atoms with Crippen molar-refractivity contribution in [1.29, 1.82) is 0 Å². The Morgan fingerprint density at radius 3 is 2.59 bits per heavy atom. The van der Waals surface area contributed by atoms with Crippen LogP contribution < -0.4 is 5.32 Å². The summed E-state index contributed by atoms with van der Waals surface area (Å²) in [5, 5.41) is 3.22. The molecule has 1 aliphatic rings. The lowest BCUT2D eigenvalue weighted by Gasteiger charge is -2.27. The summed E-state index contributed by atoms with van der Waals surface area (Å²) in [6.07, 6.45) is 0.910. The Bertz CT molecular complexity index is 271. The van der Waals surface area contributed by atoms with Gasteiger partial charge in [-0.3, -0.25) is 9.59 Å². The lowest BCUT2D eigenvalue weighted by molar-refractivity contribution is -0.152. The summed E-state index contributed by atoms with van der Waals surface area (Å²) in [5.41, 5.74) is 0. The summed E-state index contributed by atoms with van der Waals surface area (Å²) in [6, 6.07) is 0.0709. The van der Waals surface area contributed by atoms with Crippen molar-refractivity contribution in [3.05, 3.63) is 0 Å². The number of nitrogens with zero attached hydrogens (tertiary/aromatic N) is 2. The molecule has 1 aliphatic heterocycles. The lowest BCUT2D eigenvalue weighted by atomic mass is 10.3. The molecule has 0 aromatic rings. The number of carbonyl (C=O) groups is 2. The van der Waals surface area contributed by atoms with Gasteiger partial charge in [-0.05, 0) is 33.7 Å². The standard InChI is InChI=1S/C12H23N3O2/c1-4-15(10(2)3)12(17)11(16)14-8-5-6-13-7-9-14/h10,13H,4-9H2,1-3H3. The molecule has 0 spiro atoms. The molecule has 2 amide bonds. The smallest absolute Gasteiger partial charge is 0.312 e. The maximum Gasteiger partial charge on any atom is 0.312 e. The molecule has 17 heavy (non-hydrogen) atoms. The summed E-state index contributed by atoms with van der Waals surface area (Å²) in [7, 11) is 0. The highest BCUT2D eigenvalue weighted by molar-refractivity contribution is 6.34. The zero-order valence-corrected chi connectivity index (χ0v) is 11.0. The Kier molecular flexibility index (Phi) is 5.41. The van der Waals surface area contributed by atoms with Crippen molar-refractivity contribution >= 4 is 11.8 Å². The number of hydrogen-bond acceptors (Lipinski definition) is 3. The molecule has 0 unspecified atom stereocenters. The van der Waals surface area contributed by atoms with Gasteiger partial charge in [-0.2, -0.15) is 0 Å². The third-order valence-corrected chi connectivity index (χ3v) is 3.04. The van der Waals surface area contributed by atoms with Crippen LogP contribution in [0.15, 0.2) is 0 Å². The van der Waals surface area contributed by atoms with Crippen molar-refractivity contribution in [2.24, 2.45) is 0 Å². The van der Waals surface area contributed by atoms with E-state index >= 15 is 0 Å². The van der Waals surface area contributed by atoms with Crippen molar-refractivity contribution in [3.8, 4) is 0 Å². The van der Waals surface area contributed by atoms with Crippen LogP contribution >= 0.6 is 0 Å². The molecule has 98 valence electrons. The van der Waals surface area contributed by atoms with Gasteiger partial charge in [-0.15, -0.1) is 0 Å². The van der Waals surface area contributed by atoms with E-state index in [1.165, 1.54) is 0 Å². The monoisotopic (exact) mass is 241 g/mol. The molecule has 1 fully saturated rings. The summed E-state index contributed by atoms with van der Waals surface area (Å²) in [4.78, 5) is 27.4. The molecule has 0 aliphatic carbocycles. The molecule has 1 heterocycles. The van der Waals surface area contributed by atoms with E-state index in [2.05, 4.69) is 5.32 Å². The summed E-state index contributed by atoms with van der Waals surface area (Å²) < 4.78 is 0. The fourth-order valence-corrected chi connectivity index (χ4v) is 2.05. The fourth-order valence-electron chi connectivity index (χ4n) is 2.05. The maximum atomic E-state index is 12.1. The van der Waals surface area contributed by atoms with Gasteiger partial charge in [0.05, 0.1) is 0 Å². The summed E-state index contributed by atoms with van der Waals surface area (Å²) in [6.45, 7) is 9.32. The third-order valence-electron chi connectivity index (χ3n) is 3.04. The van der Waals surface area contributed by atoms with Crippen LogP contribution in [0.3, 0.4) is 0 Å². The number of likely N-dealkylation sites (N-methyl/N-ethyl adjacent to an activating group) is 1. The molecule has 1 rings (SSSR count). The molecular weight excluding hydrogens is 218 g/mol. The zero-order valence-electron chi connectivity index (χ0n) is 11.0. The fraction of sp³-hybridized carbons (Fsp3) is 0.833. The van der Waals surface area contributed by atoms with Crippen LogP contribution in [0.1, 0.15) is 27.2 Å². The molecule has 1 saturated heterocycles. The van der Waals surface area contributed by atoms with Crippen LogP contribution in [-0.4, -0.2) is 60.4 Å². The van der Waals surface area contributed by atoms with E-state index in [1.807, 2.05) is 20.8 Å². The molecule has 0 aromatic heterocycles. The molecular formula is C12H23N3O2. The first-order valence-corrected chi connectivity index (χ1v) is 6.38. The Morgan fingerprint density at radius 1 is 1.29 bits per heavy atom. The average molecular weight is 241 g/mol. The van der Waals surface area contributed by atoms with Gasteiger partial charge in [0.15, 0.2) is 0 Å². The number of nitrogens with one attached hydrogen (secondary N) is 1. The van der Waals surface area contributed by atoms with E-state index < -0.39 is 0 Å². The van der Waals surface area contributed by atoms with Crippen LogP contribution in [0.25, 0.3) is 0 Å².